The molecule has 5 heteroatoms. The van der Waals surface area contributed by atoms with E-state index < -0.39 is 0 Å². The molecule has 0 aliphatic rings. The molecule has 20 heavy (non-hydrogen) atoms. The number of rotatable bonds is 1. The third-order valence-corrected chi connectivity index (χ3v) is 3.28. The van der Waals surface area contributed by atoms with Crippen LogP contribution in [0.15, 0.2) is 48.5 Å². The van der Waals surface area contributed by atoms with Crippen LogP contribution in [0.4, 0.5) is 10.5 Å². The Morgan fingerprint density at radius 2 is 2.00 bits per heavy atom. The minimum absolute atomic E-state index is 0.309. The van der Waals surface area contributed by atoms with Gasteiger partial charge in [0.25, 0.3) is 0 Å². The van der Waals surface area contributed by atoms with Gasteiger partial charge in [-0.25, -0.2) is 4.79 Å². The second kappa shape index (κ2) is 4.98. The summed E-state index contributed by atoms with van der Waals surface area (Å²) in [6, 6.07) is 14.3. The summed E-state index contributed by atoms with van der Waals surface area (Å²) >= 11 is 5.90. The van der Waals surface area contributed by atoms with E-state index in [0.717, 1.165) is 16.6 Å². The van der Waals surface area contributed by atoms with Crippen LogP contribution in [0.3, 0.4) is 0 Å². The van der Waals surface area contributed by atoms with Crippen molar-refractivity contribution in [2.75, 3.05) is 5.32 Å². The van der Waals surface area contributed by atoms with Crippen molar-refractivity contribution >= 4 is 34.2 Å². The highest BCUT2D eigenvalue weighted by atomic mass is 35.5. The molecule has 0 unspecified atom stereocenters. The smallest absolute Gasteiger partial charge is 0.306 e. The second-order valence-corrected chi connectivity index (χ2v) is 4.89. The van der Waals surface area contributed by atoms with Gasteiger partial charge in [-0.3, -0.25) is 0 Å². The highest BCUT2D eigenvalue weighted by Gasteiger charge is 2.13. The molecule has 2 aromatic carbocycles. The summed E-state index contributed by atoms with van der Waals surface area (Å²) in [6.45, 7) is 1.88. The van der Waals surface area contributed by atoms with Gasteiger partial charge in [-0.1, -0.05) is 35.9 Å². The molecule has 0 atom stereocenters. The number of benzene rings is 2. The van der Waals surface area contributed by atoms with Crippen LogP contribution in [0, 0.1) is 6.92 Å². The van der Waals surface area contributed by atoms with Crippen LogP contribution in [0.5, 0.6) is 0 Å². The third-order valence-electron chi connectivity index (χ3n) is 3.04. The summed E-state index contributed by atoms with van der Waals surface area (Å²) in [5, 5.41) is 8.60. The number of anilines is 1. The first-order valence-electron chi connectivity index (χ1n) is 6.16. The van der Waals surface area contributed by atoms with Crippen LogP contribution in [0.2, 0.25) is 5.02 Å². The Bertz CT molecular complexity index is 795. The van der Waals surface area contributed by atoms with E-state index in [1.54, 1.807) is 24.3 Å². The standard InChI is InChI=1S/C15H12ClN3O/c1-10-13-7-2-3-8-14(13)19(18-10)15(20)17-12-6-4-5-11(16)9-12/h2-9H,1H3,(H,17,20). The first kappa shape index (κ1) is 12.7. The van der Waals surface area contributed by atoms with Crippen molar-refractivity contribution in [1.29, 1.82) is 0 Å². The molecule has 4 nitrogen and oxygen atoms in total. The molecule has 0 saturated heterocycles. The predicted octanol–water partition coefficient (Wildman–Crippen LogP) is 4.08. The minimum atomic E-state index is -0.309. The highest BCUT2D eigenvalue weighted by molar-refractivity contribution is 6.30. The Labute approximate surface area is 121 Å². The maximum Gasteiger partial charge on any atom is 0.347 e. The maximum atomic E-state index is 12.3. The molecule has 100 valence electrons. The van der Waals surface area contributed by atoms with Gasteiger partial charge in [0, 0.05) is 16.1 Å². The van der Waals surface area contributed by atoms with Crippen LogP contribution in [0.25, 0.3) is 10.9 Å². The van der Waals surface area contributed by atoms with Crippen molar-refractivity contribution in [3.63, 3.8) is 0 Å². The summed E-state index contributed by atoms with van der Waals surface area (Å²) < 4.78 is 1.37. The van der Waals surface area contributed by atoms with Crippen molar-refractivity contribution in [3.05, 3.63) is 59.2 Å². The Kier molecular flexibility index (Phi) is 3.16. The molecular formula is C15H12ClN3O. The van der Waals surface area contributed by atoms with Crippen molar-refractivity contribution in [1.82, 2.24) is 9.78 Å². The van der Waals surface area contributed by atoms with E-state index in [1.807, 2.05) is 31.2 Å². The number of nitrogens with zero attached hydrogens (tertiary/aromatic N) is 2. The van der Waals surface area contributed by atoms with E-state index in [-0.39, 0.29) is 6.03 Å². The zero-order valence-corrected chi connectivity index (χ0v) is 11.6. The third kappa shape index (κ3) is 2.26. The molecule has 1 amide bonds. The SMILES string of the molecule is Cc1nn(C(=O)Nc2cccc(Cl)c2)c2ccccc12. The molecule has 1 N–H and O–H groups in total. The molecular weight excluding hydrogens is 274 g/mol. The summed E-state index contributed by atoms with van der Waals surface area (Å²) in [5.74, 6) is 0. The summed E-state index contributed by atoms with van der Waals surface area (Å²) in [7, 11) is 0. The lowest BCUT2D eigenvalue weighted by molar-refractivity contribution is 0.251. The van der Waals surface area contributed by atoms with Gasteiger partial charge >= 0.3 is 6.03 Å². The molecule has 1 heterocycles. The van der Waals surface area contributed by atoms with E-state index in [4.69, 9.17) is 11.6 Å². The average molecular weight is 286 g/mol. The number of amides is 1. The lowest BCUT2D eigenvalue weighted by Crippen LogP contribution is -2.20. The number of hydrogen-bond acceptors (Lipinski definition) is 2. The van der Waals surface area contributed by atoms with E-state index in [2.05, 4.69) is 10.4 Å². The van der Waals surface area contributed by atoms with Gasteiger partial charge < -0.3 is 5.32 Å². The van der Waals surface area contributed by atoms with Crippen LogP contribution in [0.1, 0.15) is 5.69 Å². The molecule has 0 fully saturated rings. The van der Waals surface area contributed by atoms with Gasteiger partial charge in [0.05, 0.1) is 11.2 Å². The molecule has 1 aromatic heterocycles. The largest absolute Gasteiger partial charge is 0.347 e. The number of nitrogens with one attached hydrogen (secondary N) is 1. The fourth-order valence-corrected chi connectivity index (χ4v) is 2.31. The fourth-order valence-electron chi connectivity index (χ4n) is 2.12. The van der Waals surface area contributed by atoms with Crippen LogP contribution < -0.4 is 5.32 Å². The van der Waals surface area contributed by atoms with Crippen molar-refractivity contribution in [2.45, 2.75) is 6.92 Å². The van der Waals surface area contributed by atoms with Gasteiger partial charge in [-0.15, -0.1) is 0 Å². The average Bonchev–Trinajstić information content (AvgIpc) is 2.77. The van der Waals surface area contributed by atoms with Crippen LogP contribution >= 0.6 is 11.6 Å². The number of hydrogen-bond donors (Lipinski definition) is 1. The van der Waals surface area contributed by atoms with Crippen molar-refractivity contribution < 1.29 is 4.79 Å². The van der Waals surface area contributed by atoms with Gasteiger partial charge in [-0.2, -0.15) is 9.78 Å². The van der Waals surface area contributed by atoms with Gasteiger partial charge in [0.15, 0.2) is 0 Å². The summed E-state index contributed by atoms with van der Waals surface area (Å²) in [4.78, 5) is 12.3. The van der Waals surface area contributed by atoms with Crippen molar-refractivity contribution in [3.8, 4) is 0 Å². The lowest BCUT2D eigenvalue weighted by Gasteiger charge is -2.06. The molecule has 0 saturated carbocycles. The topological polar surface area (TPSA) is 46.9 Å². The zero-order chi connectivity index (χ0) is 14.1. The second-order valence-electron chi connectivity index (χ2n) is 4.45. The Morgan fingerprint density at radius 3 is 2.80 bits per heavy atom. The van der Waals surface area contributed by atoms with Gasteiger partial charge in [0.2, 0.25) is 0 Å². The van der Waals surface area contributed by atoms with E-state index in [0.29, 0.717) is 10.7 Å². The first-order valence-corrected chi connectivity index (χ1v) is 6.54. The number of aromatic nitrogens is 2. The van der Waals surface area contributed by atoms with E-state index >= 15 is 0 Å². The molecule has 0 radical (unpaired) electrons. The van der Waals surface area contributed by atoms with Gasteiger partial charge in [0.1, 0.15) is 0 Å². The van der Waals surface area contributed by atoms with Crippen LogP contribution in [-0.4, -0.2) is 15.8 Å². The monoisotopic (exact) mass is 285 g/mol. The number of carbonyl (C=O) groups excluding carboxylic acids is 1. The van der Waals surface area contributed by atoms with Gasteiger partial charge in [-0.05, 0) is 31.2 Å². The van der Waals surface area contributed by atoms with Crippen LogP contribution in [-0.2, 0) is 0 Å². The number of aryl methyl sites for hydroxylation is 1. The van der Waals surface area contributed by atoms with E-state index in [1.165, 1.54) is 4.68 Å². The highest BCUT2D eigenvalue weighted by Crippen LogP contribution is 2.19. The minimum Gasteiger partial charge on any atom is -0.306 e. The van der Waals surface area contributed by atoms with E-state index in [9.17, 15) is 4.79 Å². The Balaban J connectivity index is 1.97. The molecule has 0 bridgehead atoms. The normalized spacial score (nSPS) is 10.7. The quantitative estimate of drug-likeness (QED) is 0.732. The van der Waals surface area contributed by atoms with Crippen molar-refractivity contribution in [2.24, 2.45) is 0 Å². The molecule has 3 aromatic rings. The number of fused-ring (bicyclic) bond motifs is 1. The number of carbonyl (C=O) groups is 1. The fraction of sp³-hybridized carbons (Fsp3) is 0.0667. The number of halogens is 1. The Morgan fingerprint density at radius 1 is 1.20 bits per heavy atom. The number of para-hydroxylation sites is 1. The zero-order valence-electron chi connectivity index (χ0n) is 10.8. The summed E-state index contributed by atoms with van der Waals surface area (Å²) in [6.07, 6.45) is 0. The first-order chi connectivity index (χ1) is 9.65. The lowest BCUT2D eigenvalue weighted by atomic mass is 10.2. The molecule has 0 aliphatic heterocycles. The Hall–Kier alpha value is -2.33. The maximum absolute atomic E-state index is 12.3. The molecule has 3 rings (SSSR count). The predicted molar refractivity (Wildman–Crippen MR) is 80.3 cm³/mol. The molecule has 0 spiro atoms. The summed E-state index contributed by atoms with van der Waals surface area (Å²) in [5.41, 5.74) is 2.24. The molecule has 0 aliphatic carbocycles.